The summed E-state index contributed by atoms with van der Waals surface area (Å²) in [6, 6.07) is 4.32. The lowest BCUT2D eigenvalue weighted by atomic mass is 10.1. The van der Waals surface area contributed by atoms with E-state index in [-0.39, 0.29) is 0 Å². The van der Waals surface area contributed by atoms with Gasteiger partial charge < -0.3 is 5.32 Å². The standard InChI is InChI=1S/C16H24N4/c1-5-6-15-18-7-8-20(15)16-10-13(11-17-4)9-14(19-16)12(2)3/h7-10,12,17H,5-6,11H2,1-4H3. The number of aromatic nitrogens is 3. The Morgan fingerprint density at radius 1 is 1.30 bits per heavy atom. The molecule has 0 atom stereocenters. The smallest absolute Gasteiger partial charge is 0.138 e. The molecule has 2 aromatic heterocycles. The summed E-state index contributed by atoms with van der Waals surface area (Å²) in [7, 11) is 1.97. The Bertz CT molecular complexity index is 557. The van der Waals surface area contributed by atoms with Crippen molar-refractivity contribution in [2.75, 3.05) is 7.05 Å². The molecule has 0 unspecified atom stereocenters. The first-order valence-corrected chi connectivity index (χ1v) is 7.33. The monoisotopic (exact) mass is 272 g/mol. The molecule has 20 heavy (non-hydrogen) atoms. The molecule has 0 aliphatic heterocycles. The van der Waals surface area contributed by atoms with E-state index in [2.05, 4.69) is 47.8 Å². The molecule has 0 amide bonds. The van der Waals surface area contributed by atoms with E-state index in [0.29, 0.717) is 5.92 Å². The third-order valence-corrected chi connectivity index (χ3v) is 3.30. The van der Waals surface area contributed by atoms with Crippen molar-refractivity contribution in [3.05, 3.63) is 41.6 Å². The molecule has 2 heterocycles. The first kappa shape index (κ1) is 14.7. The molecule has 1 N–H and O–H groups in total. The second-order valence-electron chi connectivity index (χ2n) is 5.41. The second-order valence-corrected chi connectivity index (χ2v) is 5.41. The Hall–Kier alpha value is -1.68. The molecular weight excluding hydrogens is 248 g/mol. The van der Waals surface area contributed by atoms with Crippen molar-refractivity contribution in [3.63, 3.8) is 0 Å². The van der Waals surface area contributed by atoms with Crippen LogP contribution in [0.1, 0.15) is 50.2 Å². The second kappa shape index (κ2) is 6.66. The van der Waals surface area contributed by atoms with Crippen molar-refractivity contribution in [1.29, 1.82) is 0 Å². The van der Waals surface area contributed by atoms with Crippen LogP contribution in [0.15, 0.2) is 24.5 Å². The van der Waals surface area contributed by atoms with Crippen LogP contribution in [0.3, 0.4) is 0 Å². The molecule has 2 rings (SSSR count). The van der Waals surface area contributed by atoms with Gasteiger partial charge in [0.1, 0.15) is 11.6 Å². The minimum Gasteiger partial charge on any atom is -0.316 e. The van der Waals surface area contributed by atoms with Crippen LogP contribution in [0.4, 0.5) is 0 Å². The summed E-state index contributed by atoms with van der Waals surface area (Å²) >= 11 is 0. The summed E-state index contributed by atoms with van der Waals surface area (Å²) in [5, 5.41) is 3.21. The van der Waals surface area contributed by atoms with Gasteiger partial charge >= 0.3 is 0 Å². The molecule has 0 bridgehead atoms. The van der Waals surface area contributed by atoms with Gasteiger partial charge in [0, 0.05) is 31.1 Å². The zero-order valence-electron chi connectivity index (χ0n) is 12.8. The first-order chi connectivity index (χ1) is 9.65. The fourth-order valence-electron chi connectivity index (χ4n) is 2.27. The molecule has 0 radical (unpaired) electrons. The van der Waals surface area contributed by atoms with Crippen LogP contribution in [-0.4, -0.2) is 21.6 Å². The zero-order chi connectivity index (χ0) is 14.5. The Balaban J connectivity index is 2.46. The van der Waals surface area contributed by atoms with E-state index in [0.717, 1.165) is 36.7 Å². The van der Waals surface area contributed by atoms with Gasteiger partial charge in [-0.05, 0) is 37.1 Å². The molecule has 4 nitrogen and oxygen atoms in total. The van der Waals surface area contributed by atoms with Gasteiger partial charge in [-0.1, -0.05) is 20.8 Å². The zero-order valence-corrected chi connectivity index (χ0v) is 12.8. The summed E-state index contributed by atoms with van der Waals surface area (Å²) in [5.41, 5.74) is 2.39. The normalized spacial score (nSPS) is 11.2. The Labute approximate surface area is 121 Å². The maximum Gasteiger partial charge on any atom is 0.138 e. The molecule has 0 aliphatic rings. The molecule has 0 spiro atoms. The summed E-state index contributed by atoms with van der Waals surface area (Å²) in [5.74, 6) is 2.47. The Kier molecular flexibility index (Phi) is 4.90. The van der Waals surface area contributed by atoms with Crippen LogP contribution >= 0.6 is 0 Å². The lowest BCUT2D eigenvalue weighted by Gasteiger charge is -2.13. The fraction of sp³-hybridized carbons (Fsp3) is 0.500. The van der Waals surface area contributed by atoms with Crippen LogP contribution < -0.4 is 5.32 Å². The van der Waals surface area contributed by atoms with Crippen molar-refractivity contribution in [1.82, 2.24) is 19.9 Å². The molecule has 0 aromatic carbocycles. The number of hydrogen-bond acceptors (Lipinski definition) is 3. The summed E-state index contributed by atoms with van der Waals surface area (Å²) in [4.78, 5) is 9.24. The third-order valence-electron chi connectivity index (χ3n) is 3.30. The van der Waals surface area contributed by atoms with E-state index in [4.69, 9.17) is 4.98 Å². The SMILES string of the molecule is CCCc1nccn1-c1cc(CNC)cc(C(C)C)n1. The highest BCUT2D eigenvalue weighted by atomic mass is 15.1. The minimum absolute atomic E-state index is 0.420. The predicted molar refractivity (Wildman–Crippen MR) is 82.2 cm³/mol. The molecule has 108 valence electrons. The summed E-state index contributed by atoms with van der Waals surface area (Å²) in [6.07, 6.45) is 5.92. The van der Waals surface area contributed by atoms with E-state index in [9.17, 15) is 0 Å². The highest BCUT2D eigenvalue weighted by molar-refractivity contribution is 5.33. The fourth-order valence-corrected chi connectivity index (χ4v) is 2.27. The van der Waals surface area contributed by atoms with E-state index in [1.54, 1.807) is 0 Å². The molecule has 2 aromatic rings. The lowest BCUT2D eigenvalue weighted by molar-refractivity contribution is 0.758. The lowest BCUT2D eigenvalue weighted by Crippen LogP contribution is -2.10. The topological polar surface area (TPSA) is 42.7 Å². The van der Waals surface area contributed by atoms with E-state index >= 15 is 0 Å². The average molecular weight is 272 g/mol. The average Bonchev–Trinajstić information content (AvgIpc) is 2.87. The van der Waals surface area contributed by atoms with Crippen LogP contribution in [0.5, 0.6) is 0 Å². The number of hydrogen-bond donors (Lipinski definition) is 1. The van der Waals surface area contributed by atoms with Gasteiger partial charge in [-0.15, -0.1) is 0 Å². The quantitative estimate of drug-likeness (QED) is 0.879. The van der Waals surface area contributed by atoms with Gasteiger partial charge in [-0.3, -0.25) is 4.57 Å². The Morgan fingerprint density at radius 2 is 2.10 bits per heavy atom. The predicted octanol–water partition coefficient (Wildman–Crippen LogP) is 3.06. The Morgan fingerprint density at radius 3 is 2.75 bits per heavy atom. The molecular formula is C16H24N4. The summed E-state index contributed by atoms with van der Waals surface area (Å²) < 4.78 is 2.11. The van der Waals surface area contributed by atoms with E-state index in [1.165, 1.54) is 5.56 Å². The molecule has 4 heteroatoms. The summed E-state index contributed by atoms with van der Waals surface area (Å²) in [6.45, 7) is 7.38. The van der Waals surface area contributed by atoms with Crippen molar-refractivity contribution < 1.29 is 0 Å². The van der Waals surface area contributed by atoms with Gasteiger partial charge in [0.05, 0.1) is 0 Å². The molecule has 0 aliphatic carbocycles. The van der Waals surface area contributed by atoms with Crippen molar-refractivity contribution in [2.24, 2.45) is 0 Å². The number of rotatable bonds is 6. The number of aryl methyl sites for hydroxylation is 1. The molecule has 0 saturated heterocycles. The van der Waals surface area contributed by atoms with Crippen molar-refractivity contribution in [2.45, 2.75) is 46.1 Å². The molecule has 0 saturated carbocycles. The van der Waals surface area contributed by atoms with Gasteiger partial charge in [-0.2, -0.15) is 0 Å². The minimum atomic E-state index is 0.420. The third kappa shape index (κ3) is 3.25. The van der Waals surface area contributed by atoms with Crippen LogP contribution in [-0.2, 0) is 13.0 Å². The highest BCUT2D eigenvalue weighted by Gasteiger charge is 2.10. The van der Waals surface area contributed by atoms with Crippen LogP contribution in [0.2, 0.25) is 0 Å². The first-order valence-electron chi connectivity index (χ1n) is 7.33. The number of imidazole rings is 1. The maximum atomic E-state index is 4.80. The van der Waals surface area contributed by atoms with Crippen molar-refractivity contribution in [3.8, 4) is 5.82 Å². The van der Waals surface area contributed by atoms with Gasteiger partial charge in [0.15, 0.2) is 0 Å². The number of pyridine rings is 1. The van der Waals surface area contributed by atoms with Crippen molar-refractivity contribution >= 4 is 0 Å². The van der Waals surface area contributed by atoms with Gasteiger partial charge in [0.25, 0.3) is 0 Å². The van der Waals surface area contributed by atoms with E-state index < -0.39 is 0 Å². The number of nitrogens with one attached hydrogen (secondary N) is 1. The van der Waals surface area contributed by atoms with E-state index in [1.807, 2.05) is 19.4 Å². The maximum absolute atomic E-state index is 4.80. The van der Waals surface area contributed by atoms with Crippen LogP contribution in [0, 0.1) is 0 Å². The number of nitrogens with zero attached hydrogens (tertiary/aromatic N) is 3. The molecule has 0 fully saturated rings. The van der Waals surface area contributed by atoms with Crippen LogP contribution in [0.25, 0.3) is 5.82 Å². The highest BCUT2D eigenvalue weighted by Crippen LogP contribution is 2.18. The van der Waals surface area contributed by atoms with Gasteiger partial charge in [-0.25, -0.2) is 9.97 Å². The largest absolute Gasteiger partial charge is 0.316 e. The van der Waals surface area contributed by atoms with Gasteiger partial charge in [0.2, 0.25) is 0 Å².